The van der Waals surface area contributed by atoms with Gasteiger partial charge in [-0.15, -0.1) is 0 Å². The van der Waals surface area contributed by atoms with Gasteiger partial charge in [0, 0.05) is 5.39 Å². The van der Waals surface area contributed by atoms with Crippen LogP contribution in [0.2, 0.25) is 0 Å². The highest BCUT2D eigenvalue weighted by Gasteiger charge is 2.15. The molecule has 18 heavy (non-hydrogen) atoms. The van der Waals surface area contributed by atoms with Gasteiger partial charge in [0.05, 0.1) is 6.04 Å². The van der Waals surface area contributed by atoms with E-state index in [0.29, 0.717) is 6.04 Å². The molecule has 2 aromatic rings. The Morgan fingerprint density at radius 3 is 2.61 bits per heavy atom. The van der Waals surface area contributed by atoms with Gasteiger partial charge in [-0.05, 0) is 50.1 Å². The fraction of sp³-hybridized carbons (Fsp3) is 0.500. The Kier molecular flexibility index (Phi) is 4.07. The molecule has 2 rings (SSSR count). The number of rotatable bonds is 5. The van der Waals surface area contributed by atoms with Gasteiger partial charge in [0.25, 0.3) is 0 Å². The van der Waals surface area contributed by atoms with Gasteiger partial charge in [0.15, 0.2) is 0 Å². The topological polar surface area (TPSA) is 25.2 Å². The molecule has 0 aliphatic carbocycles. The molecule has 1 aromatic heterocycles. The van der Waals surface area contributed by atoms with Crippen LogP contribution < -0.4 is 5.32 Å². The lowest BCUT2D eigenvalue weighted by Crippen LogP contribution is -2.20. The van der Waals surface area contributed by atoms with Crippen molar-refractivity contribution in [3.8, 4) is 0 Å². The van der Waals surface area contributed by atoms with E-state index in [-0.39, 0.29) is 0 Å². The number of benzene rings is 1. The van der Waals surface area contributed by atoms with E-state index in [1.807, 2.05) is 0 Å². The molecule has 0 amide bonds. The summed E-state index contributed by atoms with van der Waals surface area (Å²) < 4.78 is 6.03. The van der Waals surface area contributed by atoms with E-state index in [1.54, 1.807) is 0 Å². The number of fused-ring (bicyclic) bond motifs is 1. The second kappa shape index (κ2) is 5.57. The molecule has 98 valence electrons. The first-order valence-electron chi connectivity index (χ1n) is 6.89. The van der Waals surface area contributed by atoms with Crippen molar-refractivity contribution >= 4 is 11.0 Å². The van der Waals surface area contributed by atoms with Crippen LogP contribution in [0.1, 0.15) is 49.6 Å². The van der Waals surface area contributed by atoms with Crippen molar-refractivity contribution < 1.29 is 4.42 Å². The second-order valence-corrected chi connectivity index (χ2v) is 5.04. The molecule has 2 heteroatoms. The van der Waals surface area contributed by atoms with Crippen LogP contribution >= 0.6 is 0 Å². The molecule has 0 spiro atoms. The minimum absolute atomic E-state index is 0.340. The van der Waals surface area contributed by atoms with E-state index in [2.05, 4.69) is 51.2 Å². The molecule has 0 saturated heterocycles. The number of hydrogen-bond acceptors (Lipinski definition) is 2. The summed E-state index contributed by atoms with van der Waals surface area (Å²) in [5.41, 5.74) is 3.57. The SMILES string of the molecule is CCCC(NCC)c1cc2c(C)cc(C)cc2o1. The van der Waals surface area contributed by atoms with Crippen molar-refractivity contribution in [1.82, 2.24) is 5.32 Å². The van der Waals surface area contributed by atoms with Crippen molar-refractivity contribution in [3.05, 3.63) is 35.1 Å². The highest BCUT2D eigenvalue weighted by Crippen LogP contribution is 2.29. The van der Waals surface area contributed by atoms with Crippen LogP contribution in [0.4, 0.5) is 0 Å². The molecular formula is C16H23NO. The van der Waals surface area contributed by atoms with Gasteiger partial charge in [-0.2, -0.15) is 0 Å². The van der Waals surface area contributed by atoms with Crippen LogP contribution in [0.15, 0.2) is 22.6 Å². The van der Waals surface area contributed by atoms with Crippen molar-refractivity contribution in [2.45, 2.75) is 46.6 Å². The Bertz CT molecular complexity index is 521. The van der Waals surface area contributed by atoms with Crippen LogP contribution in [0, 0.1) is 13.8 Å². The number of hydrogen-bond donors (Lipinski definition) is 1. The first kappa shape index (κ1) is 13.2. The highest BCUT2D eigenvalue weighted by molar-refractivity contribution is 5.82. The van der Waals surface area contributed by atoms with Crippen LogP contribution in [0.5, 0.6) is 0 Å². The molecular weight excluding hydrogens is 222 g/mol. The summed E-state index contributed by atoms with van der Waals surface area (Å²) in [4.78, 5) is 0. The van der Waals surface area contributed by atoms with E-state index in [0.717, 1.165) is 30.7 Å². The zero-order valence-corrected chi connectivity index (χ0v) is 11.8. The van der Waals surface area contributed by atoms with Crippen LogP contribution in [0.3, 0.4) is 0 Å². The fourth-order valence-electron chi connectivity index (χ4n) is 2.56. The average Bonchev–Trinajstić information content (AvgIpc) is 2.72. The molecule has 0 radical (unpaired) electrons. The smallest absolute Gasteiger partial charge is 0.134 e. The zero-order valence-electron chi connectivity index (χ0n) is 11.8. The maximum atomic E-state index is 6.03. The normalized spacial score (nSPS) is 13.1. The summed E-state index contributed by atoms with van der Waals surface area (Å²) in [6, 6.07) is 6.88. The van der Waals surface area contributed by atoms with Gasteiger partial charge < -0.3 is 9.73 Å². The largest absolute Gasteiger partial charge is 0.459 e. The standard InChI is InChI=1S/C16H23NO/c1-5-7-14(17-6-2)16-10-13-12(4)8-11(3)9-15(13)18-16/h8-10,14,17H,5-7H2,1-4H3. The van der Waals surface area contributed by atoms with E-state index in [4.69, 9.17) is 4.42 Å². The minimum atomic E-state index is 0.340. The predicted molar refractivity (Wildman–Crippen MR) is 77.0 cm³/mol. The van der Waals surface area contributed by atoms with Crippen molar-refractivity contribution in [2.24, 2.45) is 0 Å². The molecule has 0 saturated carbocycles. The van der Waals surface area contributed by atoms with Crippen molar-refractivity contribution in [3.63, 3.8) is 0 Å². The van der Waals surface area contributed by atoms with E-state index < -0.39 is 0 Å². The number of furan rings is 1. The lowest BCUT2D eigenvalue weighted by atomic mass is 10.1. The first-order chi connectivity index (χ1) is 8.65. The van der Waals surface area contributed by atoms with E-state index in [9.17, 15) is 0 Å². The van der Waals surface area contributed by atoms with Crippen LogP contribution in [0.25, 0.3) is 11.0 Å². The monoisotopic (exact) mass is 245 g/mol. The molecule has 0 aliphatic rings. The molecule has 1 N–H and O–H groups in total. The van der Waals surface area contributed by atoms with E-state index in [1.165, 1.54) is 16.5 Å². The fourth-order valence-corrected chi connectivity index (χ4v) is 2.56. The maximum Gasteiger partial charge on any atom is 0.134 e. The Labute approximate surface area is 109 Å². The van der Waals surface area contributed by atoms with E-state index >= 15 is 0 Å². The molecule has 1 aromatic carbocycles. The lowest BCUT2D eigenvalue weighted by molar-refractivity contribution is 0.414. The summed E-state index contributed by atoms with van der Waals surface area (Å²) in [5.74, 6) is 1.07. The summed E-state index contributed by atoms with van der Waals surface area (Å²) in [5, 5.41) is 4.75. The lowest BCUT2D eigenvalue weighted by Gasteiger charge is -2.13. The Hall–Kier alpha value is -1.28. The quantitative estimate of drug-likeness (QED) is 0.839. The number of nitrogens with one attached hydrogen (secondary N) is 1. The van der Waals surface area contributed by atoms with Gasteiger partial charge in [-0.3, -0.25) is 0 Å². The highest BCUT2D eigenvalue weighted by atomic mass is 16.3. The van der Waals surface area contributed by atoms with Gasteiger partial charge in [-0.25, -0.2) is 0 Å². The van der Waals surface area contributed by atoms with Gasteiger partial charge in [0.2, 0.25) is 0 Å². The second-order valence-electron chi connectivity index (χ2n) is 5.04. The van der Waals surface area contributed by atoms with Crippen LogP contribution in [-0.4, -0.2) is 6.54 Å². The van der Waals surface area contributed by atoms with Gasteiger partial charge in [0.1, 0.15) is 11.3 Å². The predicted octanol–water partition coefficient (Wildman–Crippen LogP) is 4.50. The molecule has 1 unspecified atom stereocenters. The molecule has 0 bridgehead atoms. The Morgan fingerprint density at radius 2 is 1.94 bits per heavy atom. The minimum Gasteiger partial charge on any atom is -0.459 e. The zero-order chi connectivity index (χ0) is 13.1. The summed E-state index contributed by atoms with van der Waals surface area (Å²) in [7, 11) is 0. The van der Waals surface area contributed by atoms with Gasteiger partial charge >= 0.3 is 0 Å². The van der Waals surface area contributed by atoms with Gasteiger partial charge in [-0.1, -0.05) is 26.3 Å². The third-order valence-electron chi connectivity index (χ3n) is 3.38. The molecule has 0 aliphatic heterocycles. The maximum absolute atomic E-state index is 6.03. The Balaban J connectivity index is 2.41. The van der Waals surface area contributed by atoms with Crippen LogP contribution in [-0.2, 0) is 0 Å². The average molecular weight is 245 g/mol. The van der Waals surface area contributed by atoms with Crippen molar-refractivity contribution in [2.75, 3.05) is 6.54 Å². The Morgan fingerprint density at radius 1 is 1.17 bits per heavy atom. The molecule has 2 nitrogen and oxygen atoms in total. The first-order valence-corrected chi connectivity index (χ1v) is 6.89. The molecule has 1 heterocycles. The molecule has 0 fully saturated rings. The summed E-state index contributed by atoms with van der Waals surface area (Å²) in [6.07, 6.45) is 2.28. The third kappa shape index (κ3) is 2.59. The number of aryl methyl sites for hydroxylation is 2. The summed E-state index contributed by atoms with van der Waals surface area (Å²) >= 11 is 0. The summed E-state index contributed by atoms with van der Waals surface area (Å²) in [6.45, 7) is 9.59. The molecule has 1 atom stereocenters. The third-order valence-corrected chi connectivity index (χ3v) is 3.38. The van der Waals surface area contributed by atoms with Crippen molar-refractivity contribution in [1.29, 1.82) is 0 Å².